The van der Waals surface area contributed by atoms with Crippen molar-refractivity contribution >= 4 is 11.8 Å². The summed E-state index contributed by atoms with van der Waals surface area (Å²) >= 11 is 0. The lowest BCUT2D eigenvalue weighted by molar-refractivity contribution is -0.857. The largest absolute Gasteiger partial charge is 0.338 e. The molecule has 2 aliphatic rings. The lowest BCUT2D eigenvalue weighted by Gasteiger charge is -2.32. The molecule has 2 aromatic rings. The second kappa shape index (κ2) is 7.72. The molecule has 0 spiro atoms. The van der Waals surface area contributed by atoms with Gasteiger partial charge in [-0.3, -0.25) is 14.5 Å². The van der Waals surface area contributed by atoms with Crippen LogP contribution in [0.25, 0.3) is 0 Å². The third-order valence-electron chi connectivity index (χ3n) is 5.99. The molecule has 2 aromatic carbocycles. The van der Waals surface area contributed by atoms with Gasteiger partial charge in [-0.15, -0.1) is 0 Å². The molecule has 4 heteroatoms. The number of imide groups is 1. The summed E-state index contributed by atoms with van der Waals surface area (Å²) in [6.45, 7) is 1.24. The second-order valence-corrected chi connectivity index (χ2v) is 8.09. The predicted molar refractivity (Wildman–Crippen MR) is 109 cm³/mol. The molecular formula is C24H27N2O2+. The molecule has 1 fully saturated rings. The van der Waals surface area contributed by atoms with Crippen LogP contribution in [0.1, 0.15) is 23.0 Å². The van der Waals surface area contributed by atoms with Crippen molar-refractivity contribution in [1.29, 1.82) is 0 Å². The van der Waals surface area contributed by atoms with Crippen molar-refractivity contribution in [1.82, 2.24) is 4.90 Å². The number of hydrogen-bond acceptors (Lipinski definition) is 2. The third kappa shape index (κ3) is 3.29. The van der Waals surface area contributed by atoms with Gasteiger partial charge in [0.25, 0.3) is 0 Å². The number of nitrogens with zero attached hydrogens (tertiary/aromatic N) is 1. The van der Waals surface area contributed by atoms with Gasteiger partial charge in [0.2, 0.25) is 11.8 Å². The van der Waals surface area contributed by atoms with Gasteiger partial charge in [-0.1, -0.05) is 72.8 Å². The minimum absolute atomic E-state index is 0.0182. The van der Waals surface area contributed by atoms with Crippen molar-refractivity contribution < 1.29 is 14.5 Å². The first-order valence-corrected chi connectivity index (χ1v) is 10.0. The van der Waals surface area contributed by atoms with Crippen LogP contribution in [0.3, 0.4) is 0 Å². The molecule has 1 N–H and O–H groups in total. The first-order valence-electron chi connectivity index (χ1n) is 10.0. The number of fused-ring (bicyclic) bond motifs is 1. The van der Waals surface area contributed by atoms with Crippen LogP contribution < -0.4 is 4.90 Å². The Kier molecular flexibility index (Phi) is 5.14. The Morgan fingerprint density at radius 2 is 1.18 bits per heavy atom. The molecule has 144 valence electrons. The van der Waals surface area contributed by atoms with E-state index >= 15 is 0 Å². The van der Waals surface area contributed by atoms with Crippen LogP contribution in [0, 0.1) is 11.8 Å². The second-order valence-electron chi connectivity index (χ2n) is 8.09. The van der Waals surface area contributed by atoms with Crippen LogP contribution in [-0.2, 0) is 9.59 Å². The van der Waals surface area contributed by atoms with E-state index in [0.717, 1.165) is 17.7 Å². The van der Waals surface area contributed by atoms with E-state index in [2.05, 4.69) is 36.4 Å². The maximum Gasteiger partial charge on any atom is 0.234 e. The van der Waals surface area contributed by atoms with E-state index in [1.165, 1.54) is 9.80 Å². The molecule has 1 heterocycles. The highest BCUT2D eigenvalue weighted by Crippen LogP contribution is 2.49. The molecule has 4 rings (SSSR count). The Morgan fingerprint density at radius 3 is 1.57 bits per heavy atom. The fourth-order valence-corrected chi connectivity index (χ4v) is 4.55. The molecule has 1 aliphatic carbocycles. The topological polar surface area (TPSA) is 41.8 Å². The van der Waals surface area contributed by atoms with Gasteiger partial charge in [-0.2, -0.15) is 0 Å². The summed E-state index contributed by atoms with van der Waals surface area (Å²) in [5, 5.41) is 0. The molecule has 28 heavy (non-hydrogen) atoms. The minimum Gasteiger partial charge on any atom is -0.338 e. The van der Waals surface area contributed by atoms with Gasteiger partial charge < -0.3 is 4.90 Å². The number of amides is 2. The highest BCUT2D eigenvalue weighted by molar-refractivity contribution is 6.06. The quantitative estimate of drug-likeness (QED) is 0.640. The highest BCUT2D eigenvalue weighted by atomic mass is 16.2. The molecule has 1 aliphatic heterocycles. The lowest BCUT2D eigenvalue weighted by Crippen LogP contribution is -3.06. The van der Waals surface area contributed by atoms with Gasteiger partial charge in [0.05, 0.1) is 39.0 Å². The number of rotatable bonds is 5. The molecule has 0 unspecified atom stereocenters. The summed E-state index contributed by atoms with van der Waals surface area (Å²) in [6, 6.07) is 20.2. The third-order valence-corrected chi connectivity index (χ3v) is 5.99. The number of nitrogens with one attached hydrogen (secondary N) is 1. The maximum absolute atomic E-state index is 13.4. The van der Waals surface area contributed by atoms with Crippen molar-refractivity contribution in [3.63, 3.8) is 0 Å². The molecule has 0 saturated carbocycles. The Hall–Kier alpha value is -2.72. The van der Waals surface area contributed by atoms with Crippen molar-refractivity contribution in [3.05, 3.63) is 83.9 Å². The van der Waals surface area contributed by atoms with E-state index in [-0.39, 0.29) is 35.5 Å². The van der Waals surface area contributed by atoms with E-state index < -0.39 is 0 Å². The fourth-order valence-electron chi connectivity index (χ4n) is 4.55. The van der Waals surface area contributed by atoms with Crippen molar-refractivity contribution in [2.75, 3.05) is 27.2 Å². The van der Waals surface area contributed by atoms with Gasteiger partial charge in [-0.05, 0) is 11.1 Å². The zero-order valence-electron chi connectivity index (χ0n) is 16.4. The van der Waals surface area contributed by atoms with Crippen LogP contribution in [-0.4, -0.2) is 43.9 Å². The molecule has 2 amide bonds. The Bertz CT molecular complexity index is 808. The Labute approximate surface area is 166 Å². The number of likely N-dealkylation sites (tertiary alicyclic amines) is 1. The van der Waals surface area contributed by atoms with E-state index in [1.54, 1.807) is 0 Å². The number of allylic oxidation sites excluding steroid dienone is 2. The van der Waals surface area contributed by atoms with Gasteiger partial charge in [0.1, 0.15) is 0 Å². The van der Waals surface area contributed by atoms with Crippen molar-refractivity contribution in [2.24, 2.45) is 11.8 Å². The van der Waals surface area contributed by atoms with E-state index in [1.807, 2.05) is 50.5 Å². The zero-order valence-corrected chi connectivity index (χ0v) is 16.4. The summed E-state index contributed by atoms with van der Waals surface area (Å²) in [5.74, 6) is -0.811. The molecule has 0 radical (unpaired) electrons. The summed E-state index contributed by atoms with van der Waals surface area (Å²) in [7, 11) is 4.08. The Balaban J connectivity index is 1.75. The van der Waals surface area contributed by atoms with E-state index in [0.29, 0.717) is 6.54 Å². The first-order chi connectivity index (χ1) is 13.6. The number of hydrogen-bond donors (Lipinski definition) is 1. The van der Waals surface area contributed by atoms with Crippen LogP contribution in [0.5, 0.6) is 0 Å². The molecular weight excluding hydrogens is 348 g/mol. The number of carbonyl (C=O) groups excluding carboxylic acids is 2. The zero-order chi connectivity index (χ0) is 19.7. The van der Waals surface area contributed by atoms with E-state index in [4.69, 9.17) is 0 Å². The number of quaternary nitrogens is 1. The van der Waals surface area contributed by atoms with Crippen LogP contribution in [0.2, 0.25) is 0 Å². The smallest absolute Gasteiger partial charge is 0.234 e. The summed E-state index contributed by atoms with van der Waals surface area (Å²) in [5.41, 5.74) is 2.20. The standard InChI is InChI=1S/C24H26N2O2/c1-25(2)15-16-26-23(27)21-19(17-9-5-3-6-10-17)13-14-20(22(21)24(26)28)18-11-7-4-8-12-18/h3-14,19-22H,15-16H2,1-2H3/p+1/t19-,20+,21-,22-/m0/s1. The highest BCUT2D eigenvalue weighted by Gasteiger charge is 2.54. The average Bonchev–Trinajstić information content (AvgIpc) is 2.98. The van der Waals surface area contributed by atoms with Gasteiger partial charge in [0, 0.05) is 11.8 Å². The number of likely N-dealkylation sites (N-methyl/N-ethyl adjacent to an activating group) is 1. The summed E-state index contributed by atoms with van der Waals surface area (Å²) in [6.07, 6.45) is 4.28. The first kappa shape index (κ1) is 18.6. The Morgan fingerprint density at radius 1 is 0.750 bits per heavy atom. The SMILES string of the molecule is C[NH+](C)CCN1C(=O)[C@@H]2[C@@H](C1=O)[C@H](c1ccccc1)C=C[C@@H]2c1ccccc1. The molecule has 0 aromatic heterocycles. The van der Waals surface area contributed by atoms with Crippen molar-refractivity contribution in [3.8, 4) is 0 Å². The molecule has 0 bridgehead atoms. The minimum atomic E-state index is -0.331. The lowest BCUT2D eigenvalue weighted by atomic mass is 9.68. The molecule has 4 atom stereocenters. The van der Waals surface area contributed by atoms with Gasteiger partial charge >= 0.3 is 0 Å². The monoisotopic (exact) mass is 375 g/mol. The van der Waals surface area contributed by atoms with Crippen LogP contribution >= 0.6 is 0 Å². The summed E-state index contributed by atoms with van der Waals surface area (Å²) < 4.78 is 0. The molecule has 1 saturated heterocycles. The summed E-state index contributed by atoms with van der Waals surface area (Å²) in [4.78, 5) is 29.5. The van der Waals surface area contributed by atoms with Crippen LogP contribution in [0.4, 0.5) is 0 Å². The fraction of sp³-hybridized carbons (Fsp3) is 0.333. The van der Waals surface area contributed by atoms with Gasteiger partial charge in [-0.25, -0.2) is 0 Å². The van der Waals surface area contributed by atoms with Crippen LogP contribution in [0.15, 0.2) is 72.8 Å². The van der Waals surface area contributed by atoms with E-state index in [9.17, 15) is 9.59 Å². The molecule has 4 nitrogen and oxygen atoms in total. The van der Waals surface area contributed by atoms with Crippen molar-refractivity contribution in [2.45, 2.75) is 11.8 Å². The normalized spacial score (nSPS) is 26.8. The average molecular weight is 375 g/mol. The number of benzene rings is 2. The maximum atomic E-state index is 13.4. The predicted octanol–water partition coefficient (Wildman–Crippen LogP) is 1.87. The van der Waals surface area contributed by atoms with Gasteiger partial charge in [0.15, 0.2) is 0 Å². The number of carbonyl (C=O) groups is 2.